The topological polar surface area (TPSA) is 17.8 Å². The van der Waals surface area contributed by atoms with E-state index in [-0.39, 0.29) is 5.41 Å². The zero-order chi connectivity index (χ0) is 15.8. The van der Waals surface area contributed by atoms with Gasteiger partial charge in [0.2, 0.25) is 0 Å². The van der Waals surface area contributed by atoms with Crippen molar-refractivity contribution in [3.8, 4) is 5.69 Å². The minimum atomic E-state index is -0.0313. The maximum Gasteiger partial charge on any atom is 0.0583 e. The Morgan fingerprint density at radius 1 is 1.00 bits per heavy atom. The van der Waals surface area contributed by atoms with Crippen LogP contribution in [-0.2, 0) is 5.41 Å². The van der Waals surface area contributed by atoms with Crippen LogP contribution in [0.4, 0.5) is 0 Å². The Kier molecular flexibility index (Phi) is 2.45. The Hall–Kier alpha value is -2.13. The molecule has 1 aliphatic rings. The average Bonchev–Trinajstić information content (AvgIpc) is 2.88. The lowest BCUT2D eigenvalue weighted by Gasteiger charge is -2.34. The van der Waals surface area contributed by atoms with Gasteiger partial charge in [-0.05, 0) is 35.4 Å². The lowest BCUT2D eigenvalue weighted by atomic mass is 9.75. The molecule has 2 aromatic heterocycles. The lowest BCUT2D eigenvalue weighted by Crippen LogP contribution is -2.26. The van der Waals surface area contributed by atoms with Gasteiger partial charge in [0.15, 0.2) is 0 Å². The summed E-state index contributed by atoms with van der Waals surface area (Å²) in [5.74, 6) is 0. The Morgan fingerprint density at radius 2 is 1.83 bits per heavy atom. The second-order valence-electron chi connectivity index (χ2n) is 6.72. The molecule has 4 aromatic rings. The van der Waals surface area contributed by atoms with Gasteiger partial charge in [-0.25, -0.2) is 0 Å². The van der Waals surface area contributed by atoms with Crippen LogP contribution in [0.2, 0.25) is 0 Å². The van der Waals surface area contributed by atoms with Crippen molar-refractivity contribution in [2.24, 2.45) is 0 Å². The molecule has 0 N–H and O–H groups in total. The van der Waals surface area contributed by atoms with E-state index in [4.69, 9.17) is 0 Å². The second kappa shape index (κ2) is 4.24. The van der Waals surface area contributed by atoms with E-state index in [1.54, 1.807) is 0 Å². The van der Waals surface area contributed by atoms with Crippen LogP contribution in [0.25, 0.3) is 27.5 Å². The van der Waals surface area contributed by atoms with Gasteiger partial charge in [0, 0.05) is 33.1 Å². The van der Waals surface area contributed by atoms with Gasteiger partial charge in [0.25, 0.3) is 0 Å². The van der Waals surface area contributed by atoms with Crippen LogP contribution in [0, 0.1) is 0 Å². The van der Waals surface area contributed by atoms with E-state index in [9.17, 15) is 0 Å². The van der Waals surface area contributed by atoms with Gasteiger partial charge in [-0.2, -0.15) is 0 Å². The fraction of sp³-hybridized carbons (Fsp3) is 0.150. The van der Waals surface area contributed by atoms with E-state index in [0.29, 0.717) is 0 Å². The molecule has 0 bridgehead atoms. The zero-order valence-electron chi connectivity index (χ0n) is 13.0. The fourth-order valence-electron chi connectivity index (χ4n) is 4.02. The highest BCUT2D eigenvalue weighted by Crippen LogP contribution is 2.48. The van der Waals surface area contributed by atoms with Gasteiger partial charge in [-0.1, -0.05) is 48.0 Å². The summed E-state index contributed by atoms with van der Waals surface area (Å²) in [5, 5.41) is 2.47. The second-order valence-corrected chi connectivity index (χ2v) is 7.64. The molecule has 3 heterocycles. The molecule has 0 amide bonds. The molecule has 0 fully saturated rings. The van der Waals surface area contributed by atoms with E-state index < -0.39 is 0 Å². The number of para-hydroxylation sites is 1. The highest BCUT2D eigenvalue weighted by Gasteiger charge is 2.35. The van der Waals surface area contributed by atoms with Crippen molar-refractivity contribution in [1.82, 2.24) is 9.55 Å². The predicted molar refractivity (Wildman–Crippen MR) is 98.4 cm³/mol. The molecule has 0 spiro atoms. The zero-order valence-corrected chi connectivity index (χ0v) is 14.6. The van der Waals surface area contributed by atoms with Crippen LogP contribution in [0.1, 0.15) is 25.0 Å². The molecular formula is C20H15BrN2. The molecular weight excluding hydrogens is 348 g/mol. The first-order valence-electron chi connectivity index (χ1n) is 7.77. The van der Waals surface area contributed by atoms with Crippen molar-refractivity contribution in [1.29, 1.82) is 0 Å². The van der Waals surface area contributed by atoms with E-state index in [1.165, 1.54) is 38.6 Å². The molecule has 0 aliphatic carbocycles. The quantitative estimate of drug-likeness (QED) is 0.399. The third kappa shape index (κ3) is 1.56. The first-order valence-corrected chi connectivity index (χ1v) is 8.56. The van der Waals surface area contributed by atoms with Gasteiger partial charge < -0.3 is 4.57 Å². The first-order chi connectivity index (χ1) is 11.1. The monoisotopic (exact) mass is 362 g/mol. The maximum atomic E-state index is 4.35. The summed E-state index contributed by atoms with van der Waals surface area (Å²) in [5.41, 5.74) is 6.49. The van der Waals surface area contributed by atoms with E-state index >= 15 is 0 Å². The van der Waals surface area contributed by atoms with Crippen LogP contribution < -0.4 is 0 Å². The SMILES string of the molecule is CC1(C)c2ccccc2-n2c3ccncc3c3cc(Br)cc1c32. The van der Waals surface area contributed by atoms with Crippen LogP contribution in [0.5, 0.6) is 0 Å². The molecule has 2 nitrogen and oxygen atoms in total. The summed E-state index contributed by atoms with van der Waals surface area (Å²) in [7, 11) is 0. The third-order valence-electron chi connectivity index (χ3n) is 5.12. The third-order valence-corrected chi connectivity index (χ3v) is 5.58. The summed E-state index contributed by atoms with van der Waals surface area (Å²) in [6, 6.07) is 15.3. The highest BCUT2D eigenvalue weighted by atomic mass is 79.9. The van der Waals surface area contributed by atoms with Crippen molar-refractivity contribution in [2.75, 3.05) is 0 Å². The Morgan fingerprint density at radius 3 is 2.70 bits per heavy atom. The van der Waals surface area contributed by atoms with Gasteiger partial charge >= 0.3 is 0 Å². The van der Waals surface area contributed by atoms with Crippen molar-refractivity contribution < 1.29 is 0 Å². The van der Waals surface area contributed by atoms with E-state index in [2.05, 4.69) is 81.8 Å². The predicted octanol–water partition coefficient (Wildman–Crippen LogP) is 5.58. The number of rotatable bonds is 0. The molecule has 112 valence electrons. The summed E-state index contributed by atoms with van der Waals surface area (Å²) in [6.45, 7) is 4.62. The van der Waals surface area contributed by atoms with Crippen molar-refractivity contribution >= 4 is 37.7 Å². The molecule has 5 rings (SSSR count). The molecule has 3 heteroatoms. The summed E-state index contributed by atoms with van der Waals surface area (Å²) >= 11 is 3.71. The number of pyridine rings is 1. The molecule has 0 radical (unpaired) electrons. The van der Waals surface area contributed by atoms with Gasteiger partial charge in [0.1, 0.15) is 0 Å². The summed E-state index contributed by atoms with van der Waals surface area (Å²) < 4.78 is 3.52. The first kappa shape index (κ1) is 13.3. The molecule has 0 atom stereocenters. The van der Waals surface area contributed by atoms with Crippen LogP contribution in [0.15, 0.2) is 59.3 Å². The number of nitrogens with zero attached hydrogens (tertiary/aromatic N) is 2. The number of benzene rings is 2. The average molecular weight is 363 g/mol. The summed E-state index contributed by atoms with van der Waals surface area (Å²) in [6.07, 6.45) is 3.85. The molecule has 2 aromatic carbocycles. The molecule has 0 saturated heterocycles. The van der Waals surface area contributed by atoms with Gasteiger partial charge in [-0.15, -0.1) is 0 Å². The number of hydrogen-bond acceptors (Lipinski definition) is 1. The Labute approximate surface area is 142 Å². The highest BCUT2D eigenvalue weighted by molar-refractivity contribution is 9.10. The summed E-state index contributed by atoms with van der Waals surface area (Å²) in [4.78, 5) is 4.35. The number of halogens is 1. The normalized spacial score (nSPS) is 15.1. The minimum absolute atomic E-state index is 0.0313. The van der Waals surface area contributed by atoms with Crippen molar-refractivity contribution in [2.45, 2.75) is 19.3 Å². The van der Waals surface area contributed by atoms with Crippen molar-refractivity contribution in [3.63, 3.8) is 0 Å². The van der Waals surface area contributed by atoms with Gasteiger partial charge in [-0.3, -0.25) is 4.98 Å². The largest absolute Gasteiger partial charge is 0.309 e. The van der Waals surface area contributed by atoms with Crippen LogP contribution in [-0.4, -0.2) is 9.55 Å². The molecule has 0 saturated carbocycles. The van der Waals surface area contributed by atoms with E-state index in [0.717, 1.165) is 4.47 Å². The van der Waals surface area contributed by atoms with E-state index in [1.807, 2.05) is 12.4 Å². The minimum Gasteiger partial charge on any atom is -0.309 e. The number of aromatic nitrogens is 2. The van der Waals surface area contributed by atoms with Gasteiger partial charge in [0.05, 0.1) is 16.7 Å². The smallest absolute Gasteiger partial charge is 0.0583 e. The number of fused-ring (bicyclic) bond motifs is 5. The number of hydrogen-bond donors (Lipinski definition) is 0. The van der Waals surface area contributed by atoms with Crippen molar-refractivity contribution in [3.05, 3.63) is 70.5 Å². The lowest BCUT2D eigenvalue weighted by molar-refractivity contribution is 0.630. The molecule has 0 unspecified atom stereocenters. The Bertz CT molecular complexity index is 1110. The standard InChI is InChI=1S/C20H15BrN2/c1-20(2)15-5-3-4-6-18(15)23-17-7-8-22-11-14(17)13-9-12(21)10-16(20)19(13)23/h3-11H,1-2H3. The molecule has 1 aliphatic heterocycles. The van der Waals surface area contributed by atoms with Crippen LogP contribution in [0.3, 0.4) is 0 Å². The fourth-order valence-corrected chi connectivity index (χ4v) is 4.48. The molecule has 23 heavy (non-hydrogen) atoms. The Balaban J connectivity index is 2.15. The van der Waals surface area contributed by atoms with Crippen LogP contribution >= 0.6 is 15.9 Å². The maximum absolute atomic E-state index is 4.35.